The first-order valence-electron chi connectivity index (χ1n) is 7.02. The van der Waals surface area contributed by atoms with E-state index in [2.05, 4.69) is 23.8 Å². The van der Waals surface area contributed by atoms with E-state index in [0.717, 1.165) is 18.6 Å². The molecule has 1 aromatic carbocycles. The van der Waals surface area contributed by atoms with Crippen LogP contribution in [0.15, 0.2) is 24.3 Å². The zero-order valence-electron chi connectivity index (χ0n) is 11.5. The molecule has 0 aromatic heterocycles. The molecule has 5 unspecified atom stereocenters. The molecular formula is C15H22N2O2. The third-order valence-corrected chi connectivity index (χ3v) is 4.63. The topological polar surface area (TPSA) is 53.5 Å². The molecule has 3 rings (SSSR count). The number of para-hydroxylation sites is 1. The molecule has 0 spiro atoms. The molecule has 0 amide bonds. The van der Waals surface area contributed by atoms with Crippen molar-refractivity contribution in [2.75, 3.05) is 7.11 Å². The second kappa shape index (κ2) is 5.12. The van der Waals surface area contributed by atoms with Crippen LogP contribution in [0.5, 0.6) is 5.75 Å². The van der Waals surface area contributed by atoms with E-state index in [0.29, 0.717) is 23.9 Å². The maximum atomic E-state index is 10.4. The fraction of sp³-hybridized carbons (Fsp3) is 0.600. The number of hydrogen-bond donors (Lipinski definition) is 3. The first kappa shape index (κ1) is 12.9. The van der Waals surface area contributed by atoms with Crippen LogP contribution in [0, 0.1) is 5.92 Å². The van der Waals surface area contributed by atoms with Crippen LogP contribution in [0.1, 0.15) is 31.2 Å². The van der Waals surface area contributed by atoms with Crippen molar-refractivity contribution in [3.8, 4) is 5.75 Å². The van der Waals surface area contributed by atoms with Crippen molar-refractivity contribution in [1.82, 2.24) is 10.9 Å². The summed E-state index contributed by atoms with van der Waals surface area (Å²) in [6.07, 6.45) is 1.60. The predicted octanol–water partition coefficient (Wildman–Crippen LogP) is 1.41. The van der Waals surface area contributed by atoms with Gasteiger partial charge in [-0.15, -0.1) is 0 Å². The zero-order valence-corrected chi connectivity index (χ0v) is 11.5. The number of nitrogens with one attached hydrogen (secondary N) is 2. The molecule has 104 valence electrons. The Kier molecular flexibility index (Phi) is 3.48. The average Bonchev–Trinajstić information content (AvgIpc) is 2.80. The summed E-state index contributed by atoms with van der Waals surface area (Å²) in [5.41, 5.74) is 7.79. The standard InChI is InChI=1S/C15H22N2O2/c1-9-15-12(17-16-9)7-10(8-13(15)18)11-5-3-4-6-14(11)19-2/h3-6,9-10,12-13,15-18H,7-8H2,1-2H3. The van der Waals surface area contributed by atoms with Gasteiger partial charge in [0.2, 0.25) is 0 Å². The van der Waals surface area contributed by atoms with E-state index < -0.39 is 0 Å². The lowest BCUT2D eigenvalue weighted by molar-refractivity contribution is 0.0495. The molecule has 1 aliphatic heterocycles. The molecule has 2 aliphatic rings. The number of benzene rings is 1. The van der Waals surface area contributed by atoms with E-state index >= 15 is 0 Å². The van der Waals surface area contributed by atoms with Crippen LogP contribution in [0.3, 0.4) is 0 Å². The Balaban J connectivity index is 1.84. The molecule has 1 saturated heterocycles. The largest absolute Gasteiger partial charge is 0.496 e. The lowest BCUT2D eigenvalue weighted by Gasteiger charge is -2.36. The summed E-state index contributed by atoms with van der Waals surface area (Å²) >= 11 is 0. The highest BCUT2D eigenvalue weighted by Crippen LogP contribution is 2.41. The van der Waals surface area contributed by atoms with Crippen LogP contribution in [0.25, 0.3) is 0 Å². The third-order valence-electron chi connectivity index (χ3n) is 4.63. The average molecular weight is 262 g/mol. The van der Waals surface area contributed by atoms with Crippen LogP contribution >= 0.6 is 0 Å². The van der Waals surface area contributed by atoms with Crippen LogP contribution in [0.4, 0.5) is 0 Å². The lowest BCUT2D eigenvalue weighted by atomic mass is 9.72. The summed E-state index contributed by atoms with van der Waals surface area (Å²) in [5, 5.41) is 10.4. The van der Waals surface area contributed by atoms with Gasteiger partial charge < -0.3 is 9.84 Å². The van der Waals surface area contributed by atoms with Crippen molar-refractivity contribution in [2.45, 2.75) is 43.9 Å². The Morgan fingerprint density at radius 2 is 2.00 bits per heavy atom. The van der Waals surface area contributed by atoms with Crippen LogP contribution in [-0.2, 0) is 0 Å². The van der Waals surface area contributed by atoms with E-state index in [9.17, 15) is 5.11 Å². The molecule has 4 heteroatoms. The number of methoxy groups -OCH3 is 1. The zero-order chi connectivity index (χ0) is 13.4. The van der Waals surface area contributed by atoms with Crippen molar-refractivity contribution >= 4 is 0 Å². The second-order valence-electron chi connectivity index (χ2n) is 5.74. The van der Waals surface area contributed by atoms with Gasteiger partial charge in [-0.25, -0.2) is 0 Å². The maximum Gasteiger partial charge on any atom is 0.122 e. The molecule has 3 N–H and O–H groups in total. The summed E-state index contributed by atoms with van der Waals surface area (Å²) < 4.78 is 5.45. The molecule has 4 nitrogen and oxygen atoms in total. The Hall–Kier alpha value is -1.10. The van der Waals surface area contributed by atoms with Gasteiger partial charge in [0.05, 0.1) is 13.2 Å². The van der Waals surface area contributed by atoms with Crippen molar-refractivity contribution in [3.63, 3.8) is 0 Å². The van der Waals surface area contributed by atoms with E-state index in [1.165, 1.54) is 5.56 Å². The first-order valence-corrected chi connectivity index (χ1v) is 7.02. The van der Waals surface area contributed by atoms with Crippen molar-refractivity contribution in [2.24, 2.45) is 5.92 Å². The third kappa shape index (κ3) is 2.24. The molecular weight excluding hydrogens is 240 g/mol. The van der Waals surface area contributed by atoms with Gasteiger partial charge in [-0.05, 0) is 37.3 Å². The summed E-state index contributed by atoms with van der Waals surface area (Å²) in [7, 11) is 1.71. The van der Waals surface area contributed by atoms with Crippen LogP contribution in [0.2, 0.25) is 0 Å². The number of aliphatic hydroxyl groups is 1. The van der Waals surface area contributed by atoms with Gasteiger partial charge in [-0.3, -0.25) is 10.9 Å². The van der Waals surface area contributed by atoms with Gasteiger partial charge >= 0.3 is 0 Å². The van der Waals surface area contributed by atoms with Gasteiger partial charge in [0.1, 0.15) is 5.75 Å². The number of fused-ring (bicyclic) bond motifs is 1. The Morgan fingerprint density at radius 1 is 1.21 bits per heavy atom. The molecule has 1 aromatic rings. The minimum Gasteiger partial charge on any atom is -0.496 e. The Bertz CT molecular complexity index is 452. The molecule has 19 heavy (non-hydrogen) atoms. The number of hydrazine groups is 1. The summed E-state index contributed by atoms with van der Waals surface area (Å²) in [6, 6.07) is 8.81. The predicted molar refractivity (Wildman–Crippen MR) is 74.0 cm³/mol. The summed E-state index contributed by atoms with van der Waals surface area (Å²) in [5.74, 6) is 1.59. The van der Waals surface area contributed by atoms with Gasteiger partial charge in [-0.1, -0.05) is 18.2 Å². The van der Waals surface area contributed by atoms with Crippen LogP contribution < -0.4 is 15.6 Å². The van der Waals surface area contributed by atoms with Gasteiger partial charge in [-0.2, -0.15) is 0 Å². The van der Waals surface area contributed by atoms with E-state index in [1.54, 1.807) is 7.11 Å². The number of hydrogen-bond acceptors (Lipinski definition) is 4. The van der Waals surface area contributed by atoms with E-state index in [4.69, 9.17) is 4.74 Å². The van der Waals surface area contributed by atoms with Gasteiger partial charge in [0, 0.05) is 18.0 Å². The number of rotatable bonds is 2. The van der Waals surface area contributed by atoms with Gasteiger partial charge in [0.25, 0.3) is 0 Å². The SMILES string of the molecule is COc1ccccc1C1CC(O)C2C(C)NNC2C1. The highest BCUT2D eigenvalue weighted by atomic mass is 16.5. The molecule has 2 fully saturated rings. The minimum atomic E-state index is -0.258. The van der Waals surface area contributed by atoms with Crippen molar-refractivity contribution in [1.29, 1.82) is 0 Å². The van der Waals surface area contributed by atoms with E-state index in [-0.39, 0.29) is 6.10 Å². The Morgan fingerprint density at radius 3 is 2.79 bits per heavy atom. The molecule has 5 atom stereocenters. The molecule has 1 aliphatic carbocycles. The molecule has 1 heterocycles. The molecule has 0 radical (unpaired) electrons. The Labute approximate surface area is 114 Å². The van der Waals surface area contributed by atoms with Gasteiger partial charge in [0.15, 0.2) is 0 Å². The summed E-state index contributed by atoms with van der Waals surface area (Å²) in [4.78, 5) is 0. The van der Waals surface area contributed by atoms with Crippen molar-refractivity contribution in [3.05, 3.63) is 29.8 Å². The minimum absolute atomic E-state index is 0.258. The maximum absolute atomic E-state index is 10.4. The number of ether oxygens (including phenoxy) is 1. The lowest BCUT2D eigenvalue weighted by Crippen LogP contribution is -2.43. The highest BCUT2D eigenvalue weighted by Gasteiger charge is 2.44. The molecule has 0 bridgehead atoms. The quantitative estimate of drug-likeness (QED) is 0.754. The fourth-order valence-electron chi connectivity index (χ4n) is 3.71. The highest BCUT2D eigenvalue weighted by molar-refractivity contribution is 5.37. The van der Waals surface area contributed by atoms with Crippen molar-refractivity contribution < 1.29 is 9.84 Å². The summed E-state index contributed by atoms with van der Waals surface area (Å²) in [6.45, 7) is 2.13. The first-order chi connectivity index (χ1) is 9.20. The van der Waals surface area contributed by atoms with E-state index in [1.807, 2.05) is 18.2 Å². The number of aliphatic hydroxyl groups excluding tert-OH is 1. The fourth-order valence-corrected chi connectivity index (χ4v) is 3.71. The second-order valence-corrected chi connectivity index (χ2v) is 5.74. The van der Waals surface area contributed by atoms with Crippen LogP contribution in [-0.4, -0.2) is 30.4 Å². The monoisotopic (exact) mass is 262 g/mol. The molecule has 1 saturated carbocycles. The normalized spacial score (nSPS) is 37.9. The smallest absolute Gasteiger partial charge is 0.122 e.